The van der Waals surface area contributed by atoms with E-state index in [9.17, 15) is 14.4 Å². The molecular weight excluding hydrogens is 288 g/mol. The number of rotatable bonds is 2. The molecule has 1 N–H and O–H groups in total. The van der Waals surface area contributed by atoms with E-state index in [2.05, 4.69) is 5.32 Å². The van der Waals surface area contributed by atoms with Crippen molar-refractivity contribution >= 4 is 29.2 Å². The van der Waals surface area contributed by atoms with E-state index in [1.807, 2.05) is 25.3 Å². The number of fused-ring (bicyclic) bond motifs is 1. The van der Waals surface area contributed by atoms with Crippen LogP contribution >= 0.6 is 11.3 Å². The molecule has 6 heteroatoms. The summed E-state index contributed by atoms with van der Waals surface area (Å²) >= 11 is 1.67. The Morgan fingerprint density at radius 1 is 1.33 bits per heavy atom. The molecule has 0 aromatic carbocycles. The first-order valence-corrected chi connectivity index (χ1v) is 8.13. The van der Waals surface area contributed by atoms with Gasteiger partial charge >= 0.3 is 6.03 Å². The molecule has 2 unspecified atom stereocenters. The standard InChI is InChI=1S/C15H18N2O3S/c1-8(2)12-13(18)16-15(20)17(14(12)19)10-4-3-5-11-9(10)6-7-21-11/h6-8,10,12H,3-5H2,1-2H3,(H,16,18,20). The number of aryl methyl sites for hydroxylation is 1. The number of carbonyl (C=O) groups is 3. The minimum Gasteiger partial charge on any atom is -0.277 e. The van der Waals surface area contributed by atoms with E-state index in [4.69, 9.17) is 0 Å². The van der Waals surface area contributed by atoms with Gasteiger partial charge in [0.25, 0.3) is 0 Å². The third-order valence-corrected chi connectivity index (χ3v) is 5.23. The number of urea groups is 1. The van der Waals surface area contributed by atoms with Crippen molar-refractivity contribution in [1.82, 2.24) is 10.2 Å². The van der Waals surface area contributed by atoms with Crippen LogP contribution in [0, 0.1) is 11.8 Å². The summed E-state index contributed by atoms with van der Waals surface area (Å²) < 4.78 is 0. The number of nitrogens with zero attached hydrogens (tertiary/aromatic N) is 1. The molecular formula is C15H18N2O3S. The quantitative estimate of drug-likeness (QED) is 0.854. The lowest BCUT2D eigenvalue weighted by atomic mass is 9.88. The molecule has 5 nitrogen and oxygen atoms in total. The number of imide groups is 2. The van der Waals surface area contributed by atoms with Crippen LogP contribution in [-0.2, 0) is 16.0 Å². The second-order valence-corrected chi connectivity index (χ2v) is 6.93. The van der Waals surface area contributed by atoms with Crippen molar-refractivity contribution in [2.75, 3.05) is 0 Å². The fourth-order valence-electron chi connectivity index (χ4n) is 3.22. The average molecular weight is 306 g/mol. The Morgan fingerprint density at radius 2 is 2.10 bits per heavy atom. The molecule has 1 aromatic heterocycles. The van der Waals surface area contributed by atoms with Gasteiger partial charge in [-0.15, -0.1) is 11.3 Å². The highest BCUT2D eigenvalue weighted by Gasteiger charge is 2.46. The van der Waals surface area contributed by atoms with Crippen molar-refractivity contribution in [3.63, 3.8) is 0 Å². The number of thiophene rings is 1. The van der Waals surface area contributed by atoms with Crippen LogP contribution in [0.3, 0.4) is 0 Å². The summed E-state index contributed by atoms with van der Waals surface area (Å²) in [4.78, 5) is 39.3. The SMILES string of the molecule is CC(C)C1C(=O)NC(=O)N(C2CCCc3sccc32)C1=O. The van der Waals surface area contributed by atoms with E-state index in [0.29, 0.717) is 0 Å². The molecule has 2 aliphatic rings. The number of barbiturate groups is 1. The lowest BCUT2D eigenvalue weighted by Crippen LogP contribution is -2.60. The highest BCUT2D eigenvalue weighted by Crippen LogP contribution is 2.39. The Kier molecular flexibility index (Phi) is 3.57. The Bertz CT molecular complexity index is 608. The molecule has 1 saturated heterocycles. The van der Waals surface area contributed by atoms with Gasteiger partial charge in [-0.25, -0.2) is 4.79 Å². The van der Waals surface area contributed by atoms with Crippen LogP contribution in [0.5, 0.6) is 0 Å². The number of nitrogens with one attached hydrogen (secondary N) is 1. The molecule has 0 spiro atoms. The lowest BCUT2D eigenvalue weighted by Gasteiger charge is -2.38. The normalized spacial score (nSPS) is 26.0. The van der Waals surface area contributed by atoms with E-state index < -0.39 is 17.9 Å². The zero-order valence-corrected chi connectivity index (χ0v) is 12.9. The van der Waals surface area contributed by atoms with Gasteiger partial charge in [0, 0.05) is 4.88 Å². The van der Waals surface area contributed by atoms with Gasteiger partial charge < -0.3 is 0 Å². The maximum absolute atomic E-state index is 12.7. The molecule has 2 heterocycles. The molecule has 0 bridgehead atoms. The molecule has 2 atom stereocenters. The van der Waals surface area contributed by atoms with Gasteiger partial charge in [0.05, 0.1) is 6.04 Å². The van der Waals surface area contributed by atoms with E-state index in [1.165, 1.54) is 9.78 Å². The predicted molar refractivity (Wildman–Crippen MR) is 78.7 cm³/mol. The van der Waals surface area contributed by atoms with Crippen molar-refractivity contribution in [2.24, 2.45) is 11.8 Å². The van der Waals surface area contributed by atoms with Gasteiger partial charge in [-0.3, -0.25) is 19.8 Å². The molecule has 1 aromatic rings. The summed E-state index contributed by atoms with van der Waals surface area (Å²) in [6.45, 7) is 3.65. The number of hydrogen-bond donors (Lipinski definition) is 1. The summed E-state index contributed by atoms with van der Waals surface area (Å²) in [5.41, 5.74) is 1.06. The zero-order valence-electron chi connectivity index (χ0n) is 12.1. The first-order valence-electron chi connectivity index (χ1n) is 7.25. The monoisotopic (exact) mass is 306 g/mol. The van der Waals surface area contributed by atoms with Crippen LogP contribution in [0.25, 0.3) is 0 Å². The van der Waals surface area contributed by atoms with Gasteiger partial charge in [0.2, 0.25) is 11.8 Å². The van der Waals surface area contributed by atoms with E-state index in [-0.39, 0.29) is 17.9 Å². The van der Waals surface area contributed by atoms with Crippen molar-refractivity contribution in [3.05, 3.63) is 21.9 Å². The molecule has 1 aliphatic carbocycles. The summed E-state index contributed by atoms with van der Waals surface area (Å²) in [6, 6.07) is 1.18. The molecule has 3 rings (SSSR count). The minimum absolute atomic E-state index is 0.126. The first kappa shape index (κ1) is 14.3. The molecule has 4 amide bonds. The fraction of sp³-hybridized carbons (Fsp3) is 0.533. The van der Waals surface area contributed by atoms with Gasteiger partial charge in [-0.2, -0.15) is 0 Å². The fourth-order valence-corrected chi connectivity index (χ4v) is 4.20. The maximum Gasteiger partial charge on any atom is 0.331 e. The summed E-state index contributed by atoms with van der Waals surface area (Å²) in [7, 11) is 0. The van der Waals surface area contributed by atoms with Crippen LogP contribution in [0.2, 0.25) is 0 Å². The summed E-state index contributed by atoms with van der Waals surface area (Å²) in [6.07, 6.45) is 2.72. The first-order chi connectivity index (χ1) is 10.0. The van der Waals surface area contributed by atoms with Crippen LogP contribution in [0.1, 0.15) is 43.2 Å². The molecule has 1 aliphatic heterocycles. The average Bonchev–Trinajstić information content (AvgIpc) is 2.86. The van der Waals surface area contributed by atoms with Crippen LogP contribution < -0.4 is 5.32 Å². The lowest BCUT2D eigenvalue weighted by molar-refractivity contribution is -0.146. The topological polar surface area (TPSA) is 66.5 Å². The van der Waals surface area contributed by atoms with Crippen LogP contribution in [-0.4, -0.2) is 22.7 Å². The van der Waals surface area contributed by atoms with Crippen LogP contribution in [0.15, 0.2) is 11.4 Å². The third kappa shape index (κ3) is 2.27. The summed E-state index contributed by atoms with van der Waals surface area (Å²) in [5, 5.41) is 4.34. The highest BCUT2D eigenvalue weighted by atomic mass is 32.1. The second kappa shape index (κ2) is 5.26. The summed E-state index contributed by atoms with van der Waals surface area (Å²) in [5.74, 6) is -1.73. The molecule has 0 saturated carbocycles. The Morgan fingerprint density at radius 3 is 2.81 bits per heavy atom. The predicted octanol–water partition coefficient (Wildman–Crippen LogP) is 2.48. The number of hydrogen-bond acceptors (Lipinski definition) is 4. The minimum atomic E-state index is -0.772. The highest BCUT2D eigenvalue weighted by molar-refractivity contribution is 7.10. The van der Waals surface area contributed by atoms with E-state index in [0.717, 1.165) is 24.8 Å². The molecule has 0 radical (unpaired) electrons. The van der Waals surface area contributed by atoms with Crippen LogP contribution in [0.4, 0.5) is 4.79 Å². The second-order valence-electron chi connectivity index (χ2n) is 5.93. The maximum atomic E-state index is 12.7. The van der Waals surface area contributed by atoms with Crippen molar-refractivity contribution in [2.45, 2.75) is 39.2 Å². The molecule has 21 heavy (non-hydrogen) atoms. The van der Waals surface area contributed by atoms with E-state index >= 15 is 0 Å². The Labute approximate surface area is 127 Å². The zero-order chi connectivity index (χ0) is 15.1. The molecule has 1 fully saturated rings. The third-order valence-electron chi connectivity index (χ3n) is 4.23. The van der Waals surface area contributed by atoms with Gasteiger partial charge in [-0.05, 0) is 42.2 Å². The Hall–Kier alpha value is -1.69. The van der Waals surface area contributed by atoms with Crippen molar-refractivity contribution < 1.29 is 14.4 Å². The van der Waals surface area contributed by atoms with E-state index in [1.54, 1.807) is 11.3 Å². The molecule has 112 valence electrons. The smallest absolute Gasteiger partial charge is 0.277 e. The van der Waals surface area contributed by atoms with Crippen molar-refractivity contribution in [3.8, 4) is 0 Å². The van der Waals surface area contributed by atoms with Gasteiger partial charge in [0.15, 0.2) is 0 Å². The number of amides is 4. The Balaban J connectivity index is 1.97. The number of carbonyl (C=O) groups excluding carboxylic acids is 3. The van der Waals surface area contributed by atoms with Gasteiger partial charge in [0.1, 0.15) is 5.92 Å². The van der Waals surface area contributed by atoms with Crippen molar-refractivity contribution in [1.29, 1.82) is 0 Å². The largest absolute Gasteiger partial charge is 0.331 e. The van der Waals surface area contributed by atoms with Gasteiger partial charge in [-0.1, -0.05) is 13.8 Å².